The number of unbranched alkanes of at least 4 members (excludes halogenated alkanes) is 26. The molecule has 0 heterocycles. The summed E-state index contributed by atoms with van der Waals surface area (Å²) in [5.41, 5.74) is 0. The highest BCUT2D eigenvalue weighted by molar-refractivity contribution is 5.71. The maximum atomic E-state index is 12.8. The van der Waals surface area contributed by atoms with Crippen molar-refractivity contribution in [3.8, 4) is 0 Å². The van der Waals surface area contributed by atoms with E-state index in [1.807, 2.05) is 0 Å². The largest absolute Gasteiger partial charge is 0.462 e. The van der Waals surface area contributed by atoms with Crippen molar-refractivity contribution in [2.24, 2.45) is 0 Å². The molecule has 1 unspecified atom stereocenters. The Bertz CT molecular complexity index is 1130. The summed E-state index contributed by atoms with van der Waals surface area (Å²) in [7, 11) is 0. The molecular formula is C56H98O6. The fourth-order valence-electron chi connectivity index (χ4n) is 7.20. The van der Waals surface area contributed by atoms with Crippen molar-refractivity contribution in [1.82, 2.24) is 0 Å². The lowest BCUT2D eigenvalue weighted by atomic mass is 10.1. The molecule has 0 fully saturated rings. The van der Waals surface area contributed by atoms with Crippen molar-refractivity contribution < 1.29 is 28.6 Å². The minimum Gasteiger partial charge on any atom is -0.462 e. The quantitative estimate of drug-likeness (QED) is 0.0262. The summed E-state index contributed by atoms with van der Waals surface area (Å²) < 4.78 is 16.8. The average Bonchev–Trinajstić information content (AvgIpc) is 3.27. The van der Waals surface area contributed by atoms with Crippen molar-refractivity contribution in [1.29, 1.82) is 0 Å². The predicted molar refractivity (Wildman–Crippen MR) is 265 cm³/mol. The predicted octanol–water partition coefficient (Wildman–Crippen LogP) is 17.3. The molecule has 0 amide bonds. The fourth-order valence-corrected chi connectivity index (χ4v) is 7.20. The van der Waals surface area contributed by atoms with Gasteiger partial charge in [-0.25, -0.2) is 0 Å². The van der Waals surface area contributed by atoms with Crippen molar-refractivity contribution in [3.63, 3.8) is 0 Å². The fraction of sp³-hybridized carbons (Fsp3) is 0.768. The number of allylic oxidation sites excluding steroid dienone is 10. The lowest BCUT2D eigenvalue weighted by Gasteiger charge is -2.18. The van der Waals surface area contributed by atoms with Gasteiger partial charge in [0.05, 0.1) is 0 Å². The maximum absolute atomic E-state index is 12.8. The first-order valence-corrected chi connectivity index (χ1v) is 26.3. The summed E-state index contributed by atoms with van der Waals surface area (Å²) >= 11 is 0. The van der Waals surface area contributed by atoms with Gasteiger partial charge in [0.25, 0.3) is 0 Å². The van der Waals surface area contributed by atoms with Gasteiger partial charge in [0, 0.05) is 19.3 Å². The minimum absolute atomic E-state index is 0.0887. The standard InChI is InChI=1S/C56H98O6/c1-4-7-10-13-16-19-22-25-27-29-31-34-37-40-43-46-49-55(58)61-52-53(51-60-54(57)48-45-42-39-36-33-30-24-21-18-15-12-9-6-3)62-56(59)50-47-44-41-38-35-32-28-26-23-20-17-14-11-8-5-2/h17,19-22,24,26-29,53H,4-16,18,23,25,30-52H2,1-3H3/b20-17-,22-19-,24-21-,28-26-,29-27-. The van der Waals surface area contributed by atoms with Crippen molar-refractivity contribution in [3.05, 3.63) is 60.8 Å². The third-order valence-corrected chi connectivity index (χ3v) is 11.2. The third-order valence-electron chi connectivity index (χ3n) is 11.2. The highest BCUT2D eigenvalue weighted by Gasteiger charge is 2.19. The van der Waals surface area contributed by atoms with E-state index in [9.17, 15) is 14.4 Å². The highest BCUT2D eigenvalue weighted by Crippen LogP contribution is 2.14. The van der Waals surface area contributed by atoms with Gasteiger partial charge in [-0.05, 0) is 109 Å². The summed E-state index contributed by atoms with van der Waals surface area (Å²) in [6, 6.07) is 0. The van der Waals surface area contributed by atoms with Crippen LogP contribution in [0, 0.1) is 0 Å². The van der Waals surface area contributed by atoms with E-state index < -0.39 is 6.10 Å². The second-order valence-corrected chi connectivity index (χ2v) is 17.4. The van der Waals surface area contributed by atoms with Crippen molar-refractivity contribution in [2.75, 3.05) is 13.2 Å². The molecule has 0 aromatic carbocycles. The van der Waals surface area contributed by atoms with Crippen LogP contribution in [0.25, 0.3) is 0 Å². The normalized spacial score (nSPS) is 12.5. The molecule has 0 spiro atoms. The Morgan fingerprint density at radius 3 is 0.935 bits per heavy atom. The van der Waals surface area contributed by atoms with E-state index in [-0.39, 0.29) is 31.1 Å². The van der Waals surface area contributed by atoms with Crippen molar-refractivity contribution >= 4 is 17.9 Å². The molecule has 6 nitrogen and oxygen atoms in total. The van der Waals surface area contributed by atoms with E-state index in [2.05, 4.69) is 81.5 Å². The van der Waals surface area contributed by atoms with Gasteiger partial charge in [-0.15, -0.1) is 0 Å². The molecule has 0 N–H and O–H groups in total. The van der Waals surface area contributed by atoms with Gasteiger partial charge in [-0.3, -0.25) is 14.4 Å². The molecule has 62 heavy (non-hydrogen) atoms. The Hall–Kier alpha value is -2.89. The molecule has 0 aromatic rings. The first-order chi connectivity index (χ1) is 30.5. The van der Waals surface area contributed by atoms with Crippen LogP contribution in [-0.4, -0.2) is 37.2 Å². The van der Waals surface area contributed by atoms with Crippen molar-refractivity contribution in [2.45, 2.75) is 264 Å². The molecule has 0 rings (SSSR count). The molecule has 1 atom stereocenters. The van der Waals surface area contributed by atoms with Crippen LogP contribution in [-0.2, 0) is 28.6 Å². The summed E-state index contributed by atoms with van der Waals surface area (Å²) in [5, 5.41) is 0. The zero-order valence-corrected chi connectivity index (χ0v) is 40.9. The van der Waals surface area contributed by atoms with Crippen LogP contribution in [0.4, 0.5) is 0 Å². The molecule has 358 valence electrons. The lowest BCUT2D eigenvalue weighted by molar-refractivity contribution is -0.167. The Labute approximate surface area is 383 Å². The first-order valence-electron chi connectivity index (χ1n) is 26.3. The number of esters is 3. The number of hydrogen-bond donors (Lipinski definition) is 0. The minimum atomic E-state index is -0.789. The maximum Gasteiger partial charge on any atom is 0.306 e. The number of carbonyl (C=O) groups excluding carboxylic acids is 3. The Morgan fingerprint density at radius 1 is 0.323 bits per heavy atom. The summed E-state index contributed by atoms with van der Waals surface area (Å²) in [5.74, 6) is -0.921. The Morgan fingerprint density at radius 2 is 0.581 bits per heavy atom. The molecule has 0 radical (unpaired) electrons. The van der Waals surface area contributed by atoms with E-state index in [1.54, 1.807) is 0 Å². The van der Waals surface area contributed by atoms with Crippen LogP contribution in [0.15, 0.2) is 60.8 Å². The summed E-state index contributed by atoms with van der Waals surface area (Å²) in [6.45, 7) is 6.55. The number of ether oxygens (including phenoxy) is 3. The highest BCUT2D eigenvalue weighted by atomic mass is 16.6. The van der Waals surface area contributed by atoms with Gasteiger partial charge in [0.2, 0.25) is 0 Å². The second-order valence-electron chi connectivity index (χ2n) is 17.4. The molecule has 0 saturated carbocycles. The van der Waals surface area contributed by atoms with Crippen LogP contribution in [0.3, 0.4) is 0 Å². The zero-order chi connectivity index (χ0) is 45.1. The van der Waals surface area contributed by atoms with Gasteiger partial charge in [-0.1, -0.05) is 191 Å². The van der Waals surface area contributed by atoms with E-state index >= 15 is 0 Å². The Balaban J connectivity index is 4.43. The third kappa shape index (κ3) is 48.1. The lowest BCUT2D eigenvalue weighted by Crippen LogP contribution is -2.30. The molecule has 0 aliphatic heterocycles. The van der Waals surface area contributed by atoms with Gasteiger partial charge in [-0.2, -0.15) is 0 Å². The molecular weight excluding hydrogens is 769 g/mol. The molecule has 0 saturated heterocycles. The first kappa shape index (κ1) is 59.1. The average molecular weight is 867 g/mol. The summed E-state index contributed by atoms with van der Waals surface area (Å²) in [6.07, 6.45) is 61.9. The van der Waals surface area contributed by atoms with E-state index in [1.165, 1.54) is 109 Å². The van der Waals surface area contributed by atoms with E-state index in [4.69, 9.17) is 14.2 Å². The van der Waals surface area contributed by atoms with Crippen LogP contribution in [0.1, 0.15) is 258 Å². The molecule has 0 aromatic heterocycles. The van der Waals surface area contributed by atoms with Crippen LogP contribution in [0.5, 0.6) is 0 Å². The molecule has 0 aliphatic rings. The second kappa shape index (κ2) is 50.8. The molecule has 0 aliphatic carbocycles. The van der Waals surface area contributed by atoms with Gasteiger partial charge in [0.1, 0.15) is 13.2 Å². The zero-order valence-electron chi connectivity index (χ0n) is 40.9. The van der Waals surface area contributed by atoms with Crippen LogP contribution in [0.2, 0.25) is 0 Å². The van der Waals surface area contributed by atoms with Crippen LogP contribution < -0.4 is 0 Å². The molecule has 6 heteroatoms. The van der Waals surface area contributed by atoms with E-state index in [0.29, 0.717) is 19.3 Å². The molecule has 0 bridgehead atoms. The smallest absolute Gasteiger partial charge is 0.306 e. The Kier molecular flexibility index (Phi) is 48.4. The van der Waals surface area contributed by atoms with Crippen LogP contribution >= 0.6 is 0 Å². The number of rotatable bonds is 47. The summed E-state index contributed by atoms with van der Waals surface area (Å²) in [4.78, 5) is 38.0. The van der Waals surface area contributed by atoms with E-state index in [0.717, 1.165) is 109 Å². The topological polar surface area (TPSA) is 78.9 Å². The number of carbonyl (C=O) groups is 3. The number of hydrogen-bond acceptors (Lipinski definition) is 6. The van der Waals surface area contributed by atoms with Gasteiger partial charge < -0.3 is 14.2 Å². The van der Waals surface area contributed by atoms with Gasteiger partial charge >= 0.3 is 17.9 Å². The SMILES string of the molecule is CCCCC/C=C\C/C=C\CCCCCCCC(=O)OC(COC(=O)CCCCCCC/C=C\C/C=C\CCCCCC)COC(=O)CCCCCCC/C=C\CCCCCC. The monoisotopic (exact) mass is 867 g/mol. The van der Waals surface area contributed by atoms with Gasteiger partial charge in [0.15, 0.2) is 6.10 Å².